The van der Waals surface area contributed by atoms with Crippen molar-refractivity contribution in [2.45, 2.75) is 20.0 Å². The van der Waals surface area contributed by atoms with Crippen molar-refractivity contribution in [1.29, 1.82) is 0 Å². The Morgan fingerprint density at radius 1 is 1.21 bits per heavy atom. The largest absolute Gasteiger partial charge is 0.462 e. The Kier molecular flexibility index (Phi) is 7.02. The fraction of sp³-hybridized carbons (Fsp3) is 0.450. The number of esters is 1. The Balaban J connectivity index is 1.46. The maximum absolute atomic E-state index is 11.7. The molecule has 2 heterocycles. The van der Waals surface area contributed by atoms with Gasteiger partial charge in [0.25, 0.3) is 0 Å². The van der Waals surface area contributed by atoms with Crippen molar-refractivity contribution >= 4 is 11.9 Å². The second kappa shape index (κ2) is 9.89. The van der Waals surface area contributed by atoms with Crippen molar-refractivity contribution in [1.82, 2.24) is 20.3 Å². The van der Waals surface area contributed by atoms with Gasteiger partial charge in [0.15, 0.2) is 5.96 Å². The number of nitrogens with zero attached hydrogens (tertiary/aromatic N) is 4. The fourth-order valence-corrected chi connectivity index (χ4v) is 3.15. The quantitative estimate of drug-likeness (QED) is 0.461. The molecule has 8 nitrogen and oxygen atoms in total. The van der Waals surface area contributed by atoms with Crippen molar-refractivity contribution in [3.63, 3.8) is 0 Å². The van der Waals surface area contributed by atoms with E-state index in [-0.39, 0.29) is 5.97 Å². The second-order valence-electron chi connectivity index (χ2n) is 6.57. The molecule has 0 spiro atoms. The summed E-state index contributed by atoms with van der Waals surface area (Å²) < 4.78 is 9.91. The number of aliphatic imine (C=N–C) groups is 1. The van der Waals surface area contributed by atoms with Gasteiger partial charge in [0, 0.05) is 52.4 Å². The first-order chi connectivity index (χ1) is 13.7. The van der Waals surface area contributed by atoms with Crippen LogP contribution in [0.4, 0.5) is 0 Å². The van der Waals surface area contributed by atoms with Gasteiger partial charge in [-0.3, -0.25) is 9.89 Å². The van der Waals surface area contributed by atoms with Crippen LogP contribution in [0.2, 0.25) is 0 Å². The van der Waals surface area contributed by atoms with E-state index < -0.39 is 0 Å². The van der Waals surface area contributed by atoms with Gasteiger partial charge in [0.2, 0.25) is 0 Å². The average Bonchev–Trinajstić information content (AvgIpc) is 3.23. The summed E-state index contributed by atoms with van der Waals surface area (Å²) in [5, 5.41) is 7.38. The van der Waals surface area contributed by atoms with Crippen LogP contribution in [0, 0.1) is 0 Å². The molecule has 0 atom stereocenters. The molecule has 1 N–H and O–H groups in total. The molecule has 0 bridgehead atoms. The smallest absolute Gasteiger partial charge is 0.338 e. The zero-order valence-corrected chi connectivity index (χ0v) is 16.4. The first-order valence-electron chi connectivity index (χ1n) is 9.53. The number of nitrogens with one attached hydrogen (secondary N) is 1. The van der Waals surface area contributed by atoms with Gasteiger partial charge in [0.05, 0.1) is 17.9 Å². The van der Waals surface area contributed by atoms with Gasteiger partial charge in [-0.1, -0.05) is 17.3 Å². The number of hydrogen-bond donors (Lipinski definition) is 1. The van der Waals surface area contributed by atoms with E-state index in [1.54, 1.807) is 32.4 Å². The Labute approximate surface area is 165 Å². The van der Waals surface area contributed by atoms with E-state index >= 15 is 0 Å². The van der Waals surface area contributed by atoms with Crippen LogP contribution in [-0.4, -0.2) is 66.7 Å². The standard InChI is InChI=1S/C20H27N5O3/c1-3-27-19(26)17-6-4-16(5-7-17)14-22-20(21-2)25-11-9-24(10-12-25)15-18-8-13-28-23-18/h4-8,13H,3,9-12,14-15H2,1-2H3,(H,21,22). The Bertz CT molecular complexity index is 766. The number of guanidine groups is 1. The number of carbonyl (C=O) groups excluding carboxylic acids is 1. The molecule has 0 amide bonds. The molecule has 0 saturated carbocycles. The van der Waals surface area contributed by atoms with Crippen LogP contribution < -0.4 is 5.32 Å². The first-order valence-corrected chi connectivity index (χ1v) is 9.53. The normalized spacial score (nSPS) is 15.5. The van der Waals surface area contributed by atoms with Gasteiger partial charge in [-0.2, -0.15) is 0 Å². The van der Waals surface area contributed by atoms with Crippen molar-refractivity contribution in [3.8, 4) is 0 Å². The summed E-state index contributed by atoms with van der Waals surface area (Å²) >= 11 is 0. The van der Waals surface area contributed by atoms with Gasteiger partial charge in [-0.25, -0.2) is 4.79 Å². The van der Waals surface area contributed by atoms with Crippen LogP contribution >= 0.6 is 0 Å². The van der Waals surface area contributed by atoms with Crippen LogP contribution in [0.25, 0.3) is 0 Å². The molecule has 0 radical (unpaired) electrons. The van der Waals surface area contributed by atoms with Gasteiger partial charge >= 0.3 is 5.97 Å². The molecule has 3 rings (SSSR count). The highest BCUT2D eigenvalue weighted by molar-refractivity contribution is 5.89. The molecule has 8 heteroatoms. The first kappa shape index (κ1) is 19.9. The summed E-state index contributed by atoms with van der Waals surface area (Å²) in [5.74, 6) is 0.594. The molecule has 1 aromatic heterocycles. The van der Waals surface area contributed by atoms with Crippen LogP contribution in [0.5, 0.6) is 0 Å². The number of benzene rings is 1. The molecule has 1 fully saturated rings. The third-order valence-electron chi connectivity index (χ3n) is 4.68. The Hall–Kier alpha value is -2.87. The molecule has 28 heavy (non-hydrogen) atoms. The number of rotatable bonds is 6. The highest BCUT2D eigenvalue weighted by Crippen LogP contribution is 2.09. The summed E-state index contributed by atoms with van der Waals surface area (Å²) in [6, 6.07) is 9.35. The zero-order valence-electron chi connectivity index (χ0n) is 16.4. The van der Waals surface area contributed by atoms with Gasteiger partial charge < -0.3 is 19.5 Å². The number of ether oxygens (including phenoxy) is 1. The second-order valence-corrected chi connectivity index (χ2v) is 6.57. The molecule has 0 aliphatic carbocycles. The van der Waals surface area contributed by atoms with E-state index in [9.17, 15) is 4.79 Å². The maximum atomic E-state index is 11.7. The van der Waals surface area contributed by atoms with Crippen molar-refractivity contribution in [2.24, 2.45) is 4.99 Å². The maximum Gasteiger partial charge on any atom is 0.338 e. The van der Waals surface area contributed by atoms with Gasteiger partial charge in [0.1, 0.15) is 6.26 Å². The number of piperazine rings is 1. The molecular formula is C20H27N5O3. The lowest BCUT2D eigenvalue weighted by atomic mass is 10.1. The Morgan fingerprint density at radius 2 is 1.96 bits per heavy atom. The Morgan fingerprint density at radius 3 is 2.57 bits per heavy atom. The lowest BCUT2D eigenvalue weighted by molar-refractivity contribution is 0.0526. The fourth-order valence-electron chi connectivity index (χ4n) is 3.15. The monoisotopic (exact) mass is 385 g/mol. The summed E-state index contributed by atoms with van der Waals surface area (Å²) in [6.45, 7) is 7.33. The van der Waals surface area contributed by atoms with Crippen molar-refractivity contribution < 1.29 is 14.1 Å². The van der Waals surface area contributed by atoms with E-state index in [1.807, 2.05) is 18.2 Å². The molecule has 1 aliphatic heterocycles. The number of aromatic nitrogens is 1. The molecule has 150 valence electrons. The molecule has 1 aliphatic rings. The molecule has 1 aromatic carbocycles. The third-order valence-corrected chi connectivity index (χ3v) is 4.68. The number of carbonyl (C=O) groups is 1. The molecule has 1 saturated heterocycles. The van der Waals surface area contributed by atoms with E-state index in [0.29, 0.717) is 18.7 Å². The number of hydrogen-bond acceptors (Lipinski definition) is 6. The van der Waals surface area contributed by atoms with E-state index in [2.05, 4.69) is 25.3 Å². The van der Waals surface area contributed by atoms with E-state index in [4.69, 9.17) is 9.26 Å². The summed E-state index contributed by atoms with van der Waals surface area (Å²) in [6.07, 6.45) is 1.61. The van der Waals surface area contributed by atoms with Crippen LogP contribution in [0.15, 0.2) is 46.1 Å². The van der Waals surface area contributed by atoms with Crippen LogP contribution in [-0.2, 0) is 17.8 Å². The highest BCUT2D eigenvalue weighted by atomic mass is 16.5. The SMILES string of the molecule is CCOC(=O)c1ccc(CNC(=NC)N2CCN(Cc3ccon3)CC2)cc1. The predicted molar refractivity (Wildman–Crippen MR) is 106 cm³/mol. The van der Waals surface area contributed by atoms with Gasteiger partial charge in [-0.15, -0.1) is 0 Å². The molecular weight excluding hydrogens is 358 g/mol. The predicted octanol–water partition coefficient (Wildman–Crippen LogP) is 1.74. The zero-order chi connectivity index (χ0) is 19.8. The van der Waals surface area contributed by atoms with Crippen molar-refractivity contribution in [2.75, 3.05) is 39.8 Å². The van der Waals surface area contributed by atoms with E-state index in [1.165, 1.54) is 0 Å². The third kappa shape index (κ3) is 5.32. The summed E-state index contributed by atoms with van der Waals surface area (Å²) in [4.78, 5) is 20.7. The molecule has 2 aromatic rings. The minimum Gasteiger partial charge on any atom is -0.462 e. The van der Waals surface area contributed by atoms with Crippen molar-refractivity contribution in [3.05, 3.63) is 53.4 Å². The molecule has 0 unspecified atom stereocenters. The average molecular weight is 385 g/mol. The van der Waals surface area contributed by atoms with Gasteiger partial charge in [-0.05, 0) is 24.6 Å². The summed E-state index contributed by atoms with van der Waals surface area (Å²) in [7, 11) is 1.80. The highest BCUT2D eigenvalue weighted by Gasteiger charge is 2.20. The van der Waals surface area contributed by atoms with Crippen LogP contribution in [0.3, 0.4) is 0 Å². The minimum absolute atomic E-state index is 0.290. The minimum atomic E-state index is -0.290. The topological polar surface area (TPSA) is 83.2 Å². The lowest BCUT2D eigenvalue weighted by Gasteiger charge is -2.36. The summed E-state index contributed by atoms with van der Waals surface area (Å²) in [5.41, 5.74) is 2.61. The van der Waals surface area contributed by atoms with E-state index in [0.717, 1.165) is 49.9 Å². The lowest BCUT2D eigenvalue weighted by Crippen LogP contribution is -2.52. The van der Waals surface area contributed by atoms with Crippen LogP contribution in [0.1, 0.15) is 28.5 Å².